The molecule has 0 radical (unpaired) electrons. The Balaban J connectivity index is 2.30. The summed E-state index contributed by atoms with van der Waals surface area (Å²) in [5.41, 5.74) is 6.06. The number of rotatable bonds is 2. The van der Waals surface area contributed by atoms with Gasteiger partial charge in [-0.25, -0.2) is 4.39 Å². The van der Waals surface area contributed by atoms with Crippen molar-refractivity contribution >= 4 is 17.4 Å². The van der Waals surface area contributed by atoms with Gasteiger partial charge in [-0.2, -0.15) is 0 Å². The molecule has 0 aliphatic carbocycles. The molecule has 1 aromatic carbocycles. The first kappa shape index (κ1) is 13.4. The van der Waals surface area contributed by atoms with E-state index >= 15 is 0 Å². The van der Waals surface area contributed by atoms with Crippen molar-refractivity contribution in [3.05, 3.63) is 57.6 Å². The number of pyridine rings is 1. The summed E-state index contributed by atoms with van der Waals surface area (Å²) in [6, 6.07) is 8.75. The van der Waals surface area contributed by atoms with Gasteiger partial charge in [0.25, 0.3) is 0 Å². The summed E-state index contributed by atoms with van der Waals surface area (Å²) in [6.45, 7) is 0. The lowest BCUT2D eigenvalue weighted by Crippen LogP contribution is -2.03. The molecular weight excluding hydrogens is 297 g/mol. The number of nitrogens with zero attached hydrogens (tertiary/aromatic N) is 1. The topological polar surface area (TPSA) is 84.9 Å². The van der Waals surface area contributed by atoms with E-state index in [0.717, 1.165) is 0 Å². The van der Waals surface area contributed by atoms with Crippen LogP contribution in [0.4, 0.5) is 10.2 Å². The lowest BCUT2D eigenvalue weighted by Gasteiger charge is -2.06. The highest BCUT2D eigenvalue weighted by atomic mass is 35.5. The molecule has 3 aromatic rings. The fourth-order valence-electron chi connectivity index (χ4n) is 2.04. The van der Waals surface area contributed by atoms with Crippen LogP contribution in [0.15, 0.2) is 45.7 Å². The molecule has 3 N–H and O–H groups in total. The van der Waals surface area contributed by atoms with Crippen LogP contribution in [-0.4, -0.2) is 10.1 Å². The molecule has 0 saturated heterocycles. The Morgan fingerprint density at radius 2 is 1.95 bits per heavy atom. The lowest BCUT2D eigenvalue weighted by atomic mass is 10.0. The summed E-state index contributed by atoms with van der Waals surface area (Å²) >= 11 is 6.05. The van der Waals surface area contributed by atoms with Crippen LogP contribution in [0.5, 0.6) is 0 Å². The van der Waals surface area contributed by atoms with E-state index in [4.69, 9.17) is 21.9 Å². The number of aromatic amines is 1. The second-order valence-corrected chi connectivity index (χ2v) is 4.70. The zero-order chi connectivity index (χ0) is 15.0. The minimum atomic E-state index is -0.558. The van der Waals surface area contributed by atoms with E-state index in [1.54, 1.807) is 12.1 Å². The quantitative estimate of drug-likeness (QED) is 0.762. The first-order chi connectivity index (χ1) is 10.1. The zero-order valence-electron chi connectivity index (χ0n) is 10.6. The number of nitrogen functional groups attached to an aromatic ring is 1. The van der Waals surface area contributed by atoms with Crippen LogP contribution in [0.3, 0.4) is 0 Å². The van der Waals surface area contributed by atoms with E-state index in [-0.39, 0.29) is 33.3 Å². The minimum Gasteiger partial charge on any atom is -0.380 e. The Labute approximate surface area is 123 Å². The third kappa shape index (κ3) is 2.30. The van der Waals surface area contributed by atoms with Gasteiger partial charge in [-0.1, -0.05) is 28.9 Å². The maximum atomic E-state index is 14.1. The normalized spacial score (nSPS) is 10.8. The van der Waals surface area contributed by atoms with Crippen molar-refractivity contribution in [1.29, 1.82) is 0 Å². The summed E-state index contributed by atoms with van der Waals surface area (Å²) in [5.74, 6) is -0.421. The number of hydrogen-bond donors (Lipinski definition) is 2. The highest BCUT2D eigenvalue weighted by molar-refractivity contribution is 6.33. The third-order valence-electron chi connectivity index (χ3n) is 2.94. The van der Waals surface area contributed by atoms with Crippen LogP contribution in [-0.2, 0) is 0 Å². The molecule has 2 heterocycles. The first-order valence-electron chi connectivity index (χ1n) is 5.97. The third-order valence-corrected chi connectivity index (χ3v) is 3.26. The number of aromatic nitrogens is 2. The van der Waals surface area contributed by atoms with Crippen molar-refractivity contribution in [2.45, 2.75) is 0 Å². The second kappa shape index (κ2) is 5.06. The van der Waals surface area contributed by atoms with Crippen molar-refractivity contribution in [2.75, 3.05) is 5.73 Å². The Bertz CT molecular complexity index is 852. The molecule has 7 heteroatoms. The van der Waals surface area contributed by atoms with Crippen molar-refractivity contribution < 1.29 is 8.91 Å². The summed E-state index contributed by atoms with van der Waals surface area (Å²) in [6.07, 6.45) is 0. The summed E-state index contributed by atoms with van der Waals surface area (Å²) in [5, 5.41) is 3.81. The molecule has 0 bridgehead atoms. The molecule has 2 aromatic heterocycles. The van der Waals surface area contributed by atoms with Gasteiger partial charge in [-0.05, 0) is 18.2 Å². The molecule has 0 atom stereocenters. The number of anilines is 1. The van der Waals surface area contributed by atoms with Gasteiger partial charge in [0.15, 0.2) is 11.6 Å². The smallest absolute Gasteiger partial charge is 0.248 e. The maximum absolute atomic E-state index is 14.1. The van der Waals surface area contributed by atoms with E-state index < -0.39 is 5.82 Å². The van der Waals surface area contributed by atoms with Crippen LogP contribution in [0.1, 0.15) is 0 Å². The van der Waals surface area contributed by atoms with Crippen molar-refractivity contribution in [3.63, 3.8) is 0 Å². The molecule has 0 saturated carbocycles. The van der Waals surface area contributed by atoms with E-state index in [9.17, 15) is 9.18 Å². The number of hydrogen-bond acceptors (Lipinski definition) is 4. The maximum Gasteiger partial charge on any atom is 0.248 e. The van der Waals surface area contributed by atoms with Gasteiger partial charge in [-0.15, -0.1) is 0 Å². The molecular formula is C14H9ClFN3O2. The van der Waals surface area contributed by atoms with Crippen LogP contribution in [0.2, 0.25) is 5.02 Å². The van der Waals surface area contributed by atoms with Gasteiger partial charge < -0.3 is 15.2 Å². The predicted molar refractivity (Wildman–Crippen MR) is 77.4 cm³/mol. The van der Waals surface area contributed by atoms with Crippen LogP contribution >= 0.6 is 11.6 Å². The van der Waals surface area contributed by atoms with Gasteiger partial charge in [0.05, 0.1) is 16.3 Å². The molecule has 0 aliphatic heterocycles. The monoisotopic (exact) mass is 305 g/mol. The average Bonchev–Trinajstić information content (AvgIpc) is 2.81. The summed E-state index contributed by atoms with van der Waals surface area (Å²) < 4.78 is 19.2. The van der Waals surface area contributed by atoms with Crippen LogP contribution in [0.25, 0.3) is 22.6 Å². The van der Waals surface area contributed by atoms with Gasteiger partial charge >= 0.3 is 0 Å². The van der Waals surface area contributed by atoms with Crippen LogP contribution < -0.4 is 11.3 Å². The lowest BCUT2D eigenvalue weighted by molar-refractivity contribution is 0.434. The average molecular weight is 306 g/mol. The molecule has 0 aliphatic rings. The zero-order valence-corrected chi connectivity index (χ0v) is 11.3. The van der Waals surface area contributed by atoms with Gasteiger partial charge in [-0.3, -0.25) is 4.79 Å². The Morgan fingerprint density at radius 1 is 1.19 bits per heavy atom. The molecule has 5 nitrogen and oxygen atoms in total. The van der Waals surface area contributed by atoms with Crippen molar-refractivity contribution in [1.82, 2.24) is 10.1 Å². The molecule has 0 amide bonds. The standard InChI is InChI=1S/C14H9ClFN3O2/c15-7-3-1-4-8(16)11(7)12-13(21-19-14(12)17)9-5-2-6-10(20)18-9/h1-6H,(H2,17,19)(H,18,20). The predicted octanol–water partition coefficient (Wildman–Crippen LogP) is 3.07. The molecule has 0 fully saturated rings. The number of benzene rings is 1. The van der Waals surface area contributed by atoms with Gasteiger partial charge in [0, 0.05) is 11.6 Å². The molecule has 21 heavy (non-hydrogen) atoms. The summed E-state index contributed by atoms with van der Waals surface area (Å²) in [4.78, 5) is 14.0. The Morgan fingerprint density at radius 3 is 2.67 bits per heavy atom. The number of nitrogens with two attached hydrogens (primary N) is 1. The molecule has 3 rings (SSSR count). The highest BCUT2D eigenvalue weighted by Gasteiger charge is 2.23. The van der Waals surface area contributed by atoms with E-state index in [2.05, 4.69) is 10.1 Å². The van der Waals surface area contributed by atoms with Crippen molar-refractivity contribution in [2.24, 2.45) is 0 Å². The van der Waals surface area contributed by atoms with E-state index in [1.807, 2.05) is 0 Å². The number of nitrogens with one attached hydrogen (secondary N) is 1. The highest BCUT2D eigenvalue weighted by Crippen LogP contribution is 2.40. The first-order valence-corrected chi connectivity index (χ1v) is 6.35. The van der Waals surface area contributed by atoms with Gasteiger partial charge in [0.2, 0.25) is 5.56 Å². The van der Waals surface area contributed by atoms with Crippen LogP contribution in [0, 0.1) is 5.82 Å². The Kier molecular flexibility index (Phi) is 3.23. The Hall–Kier alpha value is -2.60. The van der Waals surface area contributed by atoms with Gasteiger partial charge in [0.1, 0.15) is 5.82 Å². The SMILES string of the molecule is Nc1noc(-c2cccc(=O)[nH]2)c1-c1c(F)cccc1Cl. The fraction of sp³-hybridized carbons (Fsp3) is 0. The largest absolute Gasteiger partial charge is 0.380 e. The van der Waals surface area contributed by atoms with E-state index in [0.29, 0.717) is 5.69 Å². The fourth-order valence-corrected chi connectivity index (χ4v) is 2.30. The minimum absolute atomic E-state index is 0.0123. The summed E-state index contributed by atoms with van der Waals surface area (Å²) in [7, 11) is 0. The van der Waals surface area contributed by atoms with Crippen molar-refractivity contribution in [3.8, 4) is 22.6 Å². The molecule has 0 unspecified atom stereocenters. The number of H-pyrrole nitrogens is 1. The molecule has 0 spiro atoms. The van der Waals surface area contributed by atoms with E-state index in [1.165, 1.54) is 24.3 Å². The second-order valence-electron chi connectivity index (χ2n) is 4.30. The number of halogens is 2. The molecule has 106 valence electrons.